The van der Waals surface area contributed by atoms with Gasteiger partial charge in [0, 0.05) is 21.8 Å². The largest absolute Gasteiger partial charge is 0.307 e. The minimum atomic E-state index is 0.114. The van der Waals surface area contributed by atoms with Crippen LogP contribution < -0.4 is 5.32 Å². The summed E-state index contributed by atoms with van der Waals surface area (Å²) in [5.41, 5.74) is 0.972. The van der Waals surface area contributed by atoms with Crippen LogP contribution in [-0.2, 0) is 6.42 Å². The summed E-state index contributed by atoms with van der Waals surface area (Å²) in [5, 5.41) is 5.00. The molecule has 114 valence electrons. The van der Waals surface area contributed by atoms with Crippen LogP contribution in [0.4, 0.5) is 0 Å². The summed E-state index contributed by atoms with van der Waals surface area (Å²) in [6.45, 7) is 6.39. The van der Waals surface area contributed by atoms with Crippen molar-refractivity contribution in [2.75, 3.05) is 0 Å². The summed E-state index contributed by atoms with van der Waals surface area (Å²) in [6.07, 6.45) is 1.00. The molecule has 2 atom stereocenters. The van der Waals surface area contributed by atoms with Gasteiger partial charge < -0.3 is 5.32 Å². The number of hydrogen-bond donors (Lipinski definition) is 1. The molecule has 1 nitrogen and oxygen atoms in total. The van der Waals surface area contributed by atoms with E-state index in [1.165, 1.54) is 9.75 Å². The summed E-state index contributed by atoms with van der Waals surface area (Å²) < 4.78 is 0. The minimum absolute atomic E-state index is 0.114. The average Bonchev–Trinajstić information content (AvgIpc) is 2.81. The van der Waals surface area contributed by atoms with Crippen LogP contribution in [0, 0.1) is 6.92 Å². The van der Waals surface area contributed by atoms with E-state index in [0.29, 0.717) is 21.1 Å². The first kappa shape index (κ1) is 17.1. The van der Waals surface area contributed by atoms with E-state index in [9.17, 15) is 0 Å². The lowest BCUT2D eigenvalue weighted by atomic mass is 10.1. The van der Waals surface area contributed by atoms with E-state index in [1.54, 1.807) is 6.07 Å². The van der Waals surface area contributed by atoms with Gasteiger partial charge in [-0.15, -0.1) is 11.3 Å². The average molecular weight is 363 g/mol. The third kappa shape index (κ3) is 4.37. The molecule has 1 N–H and O–H groups in total. The molecular weight excluding hydrogens is 345 g/mol. The summed E-state index contributed by atoms with van der Waals surface area (Å²) in [7, 11) is 0. The number of rotatable bonds is 5. The van der Waals surface area contributed by atoms with Crippen LogP contribution >= 0.6 is 46.1 Å². The van der Waals surface area contributed by atoms with Crippen LogP contribution in [0.1, 0.15) is 35.2 Å². The smallest absolute Gasteiger partial charge is 0.0781 e. The van der Waals surface area contributed by atoms with Crippen molar-refractivity contribution in [2.24, 2.45) is 0 Å². The molecule has 0 spiro atoms. The molecule has 2 unspecified atom stereocenters. The normalized spacial score (nSPS) is 14.2. The quantitative estimate of drug-likeness (QED) is 0.615. The number of hydrogen-bond acceptors (Lipinski definition) is 2. The van der Waals surface area contributed by atoms with Gasteiger partial charge in [-0.1, -0.05) is 40.9 Å². The van der Waals surface area contributed by atoms with Crippen molar-refractivity contribution in [1.29, 1.82) is 0 Å². The molecule has 0 aliphatic carbocycles. The van der Waals surface area contributed by atoms with Gasteiger partial charge in [-0.25, -0.2) is 0 Å². The molecule has 1 heterocycles. The van der Waals surface area contributed by atoms with Crippen molar-refractivity contribution >= 4 is 46.1 Å². The molecule has 5 heteroatoms. The van der Waals surface area contributed by atoms with E-state index in [4.69, 9.17) is 34.8 Å². The standard InChI is InChI=1S/C16H18Cl3NS/c1-9(8-12-5-4-10(2)21-12)20-11(3)13-6-7-14(17)16(19)15(13)18/h4-7,9,11,20H,8H2,1-3H3. The van der Waals surface area contributed by atoms with Gasteiger partial charge >= 0.3 is 0 Å². The maximum Gasteiger partial charge on any atom is 0.0781 e. The topological polar surface area (TPSA) is 12.0 Å². The first-order valence-electron chi connectivity index (χ1n) is 6.83. The van der Waals surface area contributed by atoms with Gasteiger partial charge in [0.05, 0.1) is 15.1 Å². The lowest BCUT2D eigenvalue weighted by Gasteiger charge is -2.21. The zero-order valence-corrected chi connectivity index (χ0v) is 15.3. The number of halogens is 3. The number of nitrogens with one attached hydrogen (secondary N) is 1. The molecule has 0 amide bonds. The monoisotopic (exact) mass is 361 g/mol. The zero-order chi connectivity index (χ0) is 15.6. The second-order valence-electron chi connectivity index (χ2n) is 5.27. The highest BCUT2D eigenvalue weighted by atomic mass is 35.5. The molecule has 1 aromatic carbocycles. The Bertz CT molecular complexity index is 624. The predicted molar refractivity (Wildman–Crippen MR) is 95.2 cm³/mol. The summed E-state index contributed by atoms with van der Waals surface area (Å²) in [5.74, 6) is 0. The van der Waals surface area contributed by atoms with E-state index in [2.05, 4.69) is 38.2 Å². The summed E-state index contributed by atoms with van der Waals surface area (Å²) >= 11 is 20.2. The van der Waals surface area contributed by atoms with Crippen LogP contribution in [0.5, 0.6) is 0 Å². The van der Waals surface area contributed by atoms with Crippen LogP contribution in [-0.4, -0.2) is 6.04 Å². The molecule has 1 aromatic heterocycles. The lowest BCUT2D eigenvalue weighted by molar-refractivity contribution is 0.479. The highest BCUT2D eigenvalue weighted by Crippen LogP contribution is 2.35. The third-order valence-electron chi connectivity index (χ3n) is 3.37. The fourth-order valence-corrected chi connectivity index (χ4v) is 4.07. The third-order valence-corrected chi connectivity index (χ3v) is 5.70. The van der Waals surface area contributed by atoms with Crippen molar-refractivity contribution in [3.63, 3.8) is 0 Å². The molecular formula is C16H18Cl3NS. The molecule has 21 heavy (non-hydrogen) atoms. The van der Waals surface area contributed by atoms with E-state index in [-0.39, 0.29) is 6.04 Å². The summed E-state index contributed by atoms with van der Waals surface area (Å²) in [6, 6.07) is 8.53. The summed E-state index contributed by atoms with van der Waals surface area (Å²) in [4.78, 5) is 2.73. The van der Waals surface area contributed by atoms with Crippen LogP contribution in [0.25, 0.3) is 0 Å². The second-order valence-corrected chi connectivity index (χ2v) is 7.81. The van der Waals surface area contributed by atoms with Gasteiger partial charge in [-0.05, 0) is 51.0 Å². The Hall–Kier alpha value is -0.250. The molecule has 2 rings (SSSR count). The Morgan fingerprint density at radius 2 is 1.76 bits per heavy atom. The van der Waals surface area contributed by atoms with Crippen molar-refractivity contribution in [2.45, 2.75) is 39.3 Å². The van der Waals surface area contributed by atoms with Gasteiger partial charge in [0.15, 0.2) is 0 Å². The van der Waals surface area contributed by atoms with Gasteiger partial charge in [0.2, 0.25) is 0 Å². The molecule has 2 aromatic rings. The molecule has 0 fully saturated rings. The Kier molecular flexibility index (Phi) is 5.98. The van der Waals surface area contributed by atoms with Crippen LogP contribution in [0.3, 0.4) is 0 Å². The fraction of sp³-hybridized carbons (Fsp3) is 0.375. The molecule has 0 saturated carbocycles. The van der Waals surface area contributed by atoms with Gasteiger partial charge in [0.1, 0.15) is 0 Å². The van der Waals surface area contributed by atoms with Crippen molar-refractivity contribution < 1.29 is 0 Å². The Labute approximate surface area is 145 Å². The first-order chi connectivity index (χ1) is 9.88. The number of thiophene rings is 1. The van der Waals surface area contributed by atoms with Crippen molar-refractivity contribution in [3.8, 4) is 0 Å². The molecule has 0 bridgehead atoms. The minimum Gasteiger partial charge on any atom is -0.307 e. The molecule has 0 aliphatic rings. The maximum absolute atomic E-state index is 6.29. The number of benzene rings is 1. The number of aryl methyl sites for hydroxylation is 1. The predicted octanol–water partition coefficient (Wildman–Crippen LogP) is 6.30. The highest BCUT2D eigenvalue weighted by Gasteiger charge is 2.16. The lowest BCUT2D eigenvalue weighted by Crippen LogP contribution is -2.30. The Morgan fingerprint density at radius 3 is 2.38 bits per heavy atom. The molecule has 0 radical (unpaired) electrons. The highest BCUT2D eigenvalue weighted by molar-refractivity contribution is 7.11. The van der Waals surface area contributed by atoms with Gasteiger partial charge in [-0.3, -0.25) is 0 Å². The zero-order valence-electron chi connectivity index (χ0n) is 12.2. The maximum atomic E-state index is 6.29. The van der Waals surface area contributed by atoms with Crippen LogP contribution in [0.2, 0.25) is 15.1 Å². The molecule has 0 aliphatic heterocycles. The van der Waals surface area contributed by atoms with Crippen molar-refractivity contribution in [1.82, 2.24) is 5.32 Å². The van der Waals surface area contributed by atoms with E-state index < -0.39 is 0 Å². The molecule has 0 saturated heterocycles. The fourth-order valence-electron chi connectivity index (χ4n) is 2.35. The Morgan fingerprint density at radius 1 is 1.05 bits per heavy atom. The van der Waals surface area contributed by atoms with E-state index in [0.717, 1.165) is 12.0 Å². The SMILES string of the molecule is Cc1ccc(CC(C)NC(C)c2ccc(Cl)c(Cl)c2Cl)s1. The van der Waals surface area contributed by atoms with Crippen LogP contribution in [0.15, 0.2) is 24.3 Å². The van der Waals surface area contributed by atoms with E-state index >= 15 is 0 Å². The van der Waals surface area contributed by atoms with Gasteiger partial charge in [0.25, 0.3) is 0 Å². The van der Waals surface area contributed by atoms with E-state index in [1.807, 2.05) is 17.4 Å². The van der Waals surface area contributed by atoms with Gasteiger partial charge in [-0.2, -0.15) is 0 Å². The van der Waals surface area contributed by atoms with Crippen molar-refractivity contribution in [3.05, 3.63) is 54.7 Å². The second kappa shape index (κ2) is 7.34. The Balaban J connectivity index is 2.04. The first-order valence-corrected chi connectivity index (χ1v) is 8.78.